The molecule has 1 aromatic carbocycles. The van der Waals surface area contributed by atoms with Crippen LogP contribution in [0.3, 0.4) is 0 Å². The number of carbonyl (C=O) groups is 3. The van der Waals surface area contributed by atoms with E-state index in [1.165, 1.54) is 6.92 Å². The largest absolute Gasteiger partial charge is 0.442 e. The summed E-state index contributed by atoms with van der Waals surface area (Å²) < 4.78 is 5.47. The molecule has 1 aliphatic carbocycles. The Labute approximate surface area is 207 Å². The zero-order chi connectivity index (χ0) is 25.2. The molecule has 2 N–H and O–H groups in total. The number of nitrogens with one attached hydrogen (secondary N) is 1. The third-order valence-electron chi connectivity index (χ3n) is 8.05. The summed E-state index contributed by atoms with van der Waals surface area (Å²) >= 11 is 0. The summed E-state index contributed by atoms with van der Waals surface area (Å²) in [4.78, 5) is 47.5. The summed E-state index contributed by atoms with van der Waals surface area (Å²) in [6, 6.07) is 9.63. The summed E-state index contributed by atoms with van der Waals surface area (Å²) in [7, 11) is 0. The van der Waals surface area contributed by atoms with E-state index < -0.39 is 24.3 Å². The summed E-state index contributed by atoms with van der Waals surface area (Å²) in [5.41, 5.74) is 3.76. The highest BCUT2D eigenvalue weighted by Gasteiger charge is 2.78. The predicted molar refractivity (Wildman–Crippen MR) is 128 cm³/mol. The number of fused-ring (bicyclic) bond motifs is 4. The number of amides is 3. The topological polar surface area (TPSA) is 116 Å². The number of benzene rings is 1. The minimum absolute atomic E-state index is 0.0440. The monoisotopic (exact) mass is 487 g/mol. The standard InChI is InChI=1S/C26H25N5O5/c1-14(33)28-10-22-21-8-17-7-15(3-5-20(17)31(21)25(35)36-22)16-4-6-23(29-9-16)26(27-2)18-11-30(12-19(18)26)24(34)13-32/h3-7,9,18-19,21-22,32H,8,10-13H2,1H3,(H,28,33)/t18-,19+,21-,22-,26?/m0/s1. The number of pyridine rings is 1. The summed E-state index contributed by atoms with van der Waals surface area (Å²) in [5.74, 6) is -0.370. The van der Waals surface area contributed by atoms with E-state index >= 15 is 0 Å². The first kappa shape index (κ1) is 22.5. The molecule has 1 unspecified atom stereocenters. The summed E-state index contributed by atoms with van der Waals surface area (Å²) in [6.07, 6.45) is 1.62. The Morgan fingerprint density at radius 1 is 1.25 bits per heavy atom. The molecule has 6 rings (SSSR count). The van der Waals surface area contributed by atoms with Crippen molar-refractivity contribution < 1.29 is 24.2 Å². The minimum atomic E-state index is -0.698. The van der Waals surface area contributed by atoms with Crippen molar-refractivity contribution in [2.24, 2.45) is 11.8 Å². The number of carbonyl (C=O) groups excluding carboxylic acids is 3. The van der Waals surface area contributed by atoms with E-state index in [1.54, 1.807) is 16.0 Å². The van der Waals surface area contributed by atoms with Crippen molar-refractivity contribution in [3.63, 3.8) is 0 Å². The van der Waals surface area contributed by atoms with Gasteiger partial charge in [0.2, 0.25) is 11.8 Å². The Morgan fingerprint density at radius 3 is 2.64 bits per heavy atom. The van der Waals surface area contributed by atoms with Crippen molar-refractivity contribution in [1.29, 1.82) is 0 Å². The molecule has 10 heteroatoms. The van der Waals surface area contributed by atoms with Crippen LogP contribution in [0.1, 0.15) is 18.2 Å². The number of ether oxygens (including phenoxy) is 1. The number of anilines is 1. The Balaban J connectivity index is 1.20. The van der Waals surface area contributed by atoms with Crippen LogP contribution in [0.5, 0.6) is 0 Å². The van der Waals surface area contributed by atoms with Gasteiger partial charge in [-0.2, -0.15) is 0 Å². The third kappa shape index (κ3) is 3.19. The number of likely N-dealkylation sites (tertiary alicyclic amines) is 1. The quantitative estimate of drug-likeness (QED) is 0.615. The highest BCUT2D eigenvalue weighted by atomic mass is 16.6. The van der Waals surface area contributed by atoms with Crippen LogP contribution < -0.4 is 10.2 Å². The van der Waals surface area contributed by atoms with Crippen LogP contribution in [0.25, 0.3) is 16.0 Å². The first-order chi connectivity index (χ1) is 17.4. The van der Waals surface area contributed by atoms with Crippen LogP contribution in [-0.2, 0) is 26.3 Å². The van der Waals surface area contributed by atoms with Crippen molar-refractivity contribution in [3.05, 3.63) is 59.2 Å². The highest BCUT2D eigenvalue weighted by molar-refractivity contribution is 5.94. The van der Waals surface area contributed by atoms with Gasteiger partial charge >= 0.3 is 6.09 Å². The molecular formula is C26H25N5O5. The van der Waals surface area contributed by atoms with E-state index in [9.17, 15) is 14.4 Å². The van der Waals surface area contributed by atoms with E-state index in [1.807, 2.05) is 24.3 Å². The van der Waals surface area contributed by atoms with Crippen molar-refractivity contribution >= 4 is 23.6 Å². The minimum Gasteiger partial charge on any atom is -0.442 e. The van der Waals surface area contributed by atoms with Crippen molar-refractivity contribution in [2.75, 3.05) is 31.1 Å². The van der Waals surface area contributed by atoms with Crippen molar-refractivity contribution in [1.82, 2.24) is 15.2 Å². The van der Waals surface area contributed by atoms with E-state index in [0.29, 0.717) is 19.5 Å². The lowest BCUT2D eigenvalue weighted by Crippen LogP contribution is -2.40. The Bertz CT molecular complexity index is 1310. The van der Waals surface area contributed by atoms with Gasteiger partial charge < -0.3 is 24.9 Å². The lowest BCUT2D eigenvalue weighted by atomic mass is 9.99. The van der Waals surface area contributed by atoms with Gasteiger partial charge in [0.25, 0.3) is 5.54 Å². The fourth-order valence-corrected chi connectivity index (χ4v) is 6.19. The van der Waals surface area contributed by atoms with E-state index in [2.05, 4.69) is 21.2 Å². The molecule has 1 saturated carbocycles. The molecule has 2 saturated heterocycles. The average Bonchev–Trinajstić information content (AvgIpc) is 3.26. The number of cyclic esters (lactones) is 1. The number of aromatic nitrogens is 1. The number of nitrogens with zero attached hydrogens (tertiary/aromatic N) is 4. The molecule has 4 aliphatic rings. The Kier molecular flexibility index (Phi) is 5.02. The molecule has 36 heavy (non-hydrogen) atoms. The first-order valence-electron chi connectivity index (χ1n) is 12.0. The number of hydrogen-bond donors (Lipinski definition) is 2. The van der Waals surface area contributed by atoms with Gasteiger partial charge in [0.05, 0.1) is 30.1 Å². The maximum Gasteiger partial charge on any atom is 0.415 e. The number of aliphatic hydroxyl groups is 1. The molecule has 0 radical (unpaired) electrons. The fraction of sp³-hybridized carbons (Fsp3) is 0.423. The average molecular weight is 488 g/mol. The van der Waals surface area contributed by atoms with E-state index in [0.717, 1.165) is 28.1 Å². The van der Waals surface area contributed by atoms with Crippen LogP contribution in [-0.4, -0.2) is 71.3 Å². The molecular weight excluding hydrogens is 462 g/mol. The number of rotatable bonds is 5. The normalized spacial score (nSPS) is 29.2. The lowest BCUT2D eigenvalue weighted by molar-refractivity contribution is -0.133. The molecule has 3 aliphatic heterocycles. The van der Waals surface area contributed by atoms with Crippen LogP contribution in [0, 0.1) is 18.4 Å². The molecule has 184 valence electrons. The second-order valence-corrected chi connectivity index (χ2v) is 9.88. The van der Waals surface area contributed by atoms with Crippen LogP contribution >= 0.6 is 0 Å². The molecule has 3 fully saturated rings. The van der Waals surface area contributed by atoms with Gasteiger partial charge in [0, 0.05) is 31.8 Å². The van der Waals surface area contributed by atoms with Crippen molar-refractivity contribution in [3.8, 4) is 11.1 Å². The zero-order valence-electron chi connectivity index (χ0n) is 19.7. The molecule has 2 aromatic rings. The lowest BCUT2D eigenvalue weighted by Gasteiger charge is -2.20. The second-order valence-electron chi connectivity index (χ2n) is 9.88. The molecule has 0 bridgehead atoms. The fourth-order valence-electron chi connectivity index (χ4n) is 6.19. The van der Waals surface area contributed by atoms with Gasteiger partial charge in [-0.15, -0.1) is 0 Å². The van der Waals surface area contributed by atoms with Gasteiger partial charge in [0.1, 0.15) is 18.4 Å². The van der Waals surface area contributed by atoms with Crippen molar-refractivity contribution in [2.45, 2.75) is 31.0 Å². The number of aliphatic hydroxyl groups excluding tert-OH is 1. The first-order valence-corrected chi connectivity index (χ1v) is 12.0. The van der Waals surface area contributed by atoms with Gasteiger partial charge in [-0.25, -0.2) is 11.4 Å². The number of hydrogen-bond acceptors (Lipinski definition) is 6. The van der Waals surface area contributed by atoms with E-state index in [4.69, 9.17) is 16.4 Å². The summed E-state index contributed by atoms with van der Waals surface area (Å²) in [5, 5.41) is 11.8. The van der Waals surface area contributed by atoms with Crippen LogP contribution in [0.4, 0.5) is 10.5 Å². The molecule has 3 amide bonds. The molecule has 1 aromatic heterocycles. The smallest absolute Gasteiger partial charge is 0.415 e. The van der Waals surface area contributed by atoms with E-state index in [-0.39, 0.29) is 36.2 Å². The van der Waals surface area contributed by atoms with Gasteiger partial charge in [-0.1, -0.05) is 12.1 Å². The van der Waals surface area contributed by atoms with Gasteiger partial charge in [0.15, 0.2) is 0 Å². The molecule has 0 spiro atoms. The zero-order valence-corrected chi connectivity index (χ0v) is 19.7. The summed E-state index contributed by atoms with van der Waals surface area (Å²) in [6.45, 7) is 10.0. The Hall–Kier alpha value is -3.97. The maximum atomic E-state index is 12.5. The van der Waals surface area contributed by atoms with Crippen LogP contribution in [0.15, 0.2) is 36.5 Å². The third-order valence-corrected chi connectivity index (χ3v) is 8.05. The maximum absolute atomic E-state index is 12.5. The molecule has 4 heterocycles. The SMILES string of the molecule is [C-]#[N+]C1(c2ccc(-c3ccc4c(c3)C[C@H]3[C@H](CNC(C)=O)OC(=O)N43)cn2)[C@@H]2CN(C(=O)CO)C[C@@H]21. The number of piperidine rings is 1. The molecule has 5 atom stereocenters. The molecule has 10 nitrogen and oxygen atoms in total. The van der Waals surface area contributed by atoms with Gasteiger partial charge in [-0.3, -0.25) is 19.5 Å². The Morgan fingerprint density at radius 2 is 2.00 bits per heavy atom. The highest BCUT2D eigenvalue weighted by Crippen LogP contribution is 2.64. The predicted octanol–water partition coefficient (Wildman–Crippen LogP) is 1.33. The second kappa shape index (κ2) is 8.03. The van der Waals surface area contributed by atoms with Crippen LogP contribution in [0.2, 0.25) is 0 Å². The van der Waals surface area contributed by atoms with Gasteiger partial charge in [-0.05, 0) is 35.7 Å².